The van der Waals surface area contributed by atoms with Gasteiger partial charge in [-0.2, -0.15) is 0 Å². The van der Waals surface area contributed by atoms with Crippen LogP contribution in [0.15, 0.2) is 11.6 Å². The topological polar surface area (TPSA) is 55.8 Å². The lowest BCUT2D eigenvalue weighted by Gasteiger charge is -2.45. The highest BCUT2D eigenvalue weighted by Crippen LogP contribution is 2.34. The summed E-state index contributed by atoms with van der Waals surface area (Å²) in [5.41, 5.74) is 0.381. The summed E-state index contributed by atoms with van der Waals surface area (Å²) in [6.45, 7) is 9.65. The van der Waals surface area contributed by atoms with Crippen LogP contribution < -0.4 is 0 Å². The molecular weight excluding hydrogens is 272 g/mol. The van der Waals surface area contributed by atoms with Crippen molar-refractivity contribution in [3.63, 3.8) is 0 Å². The molecule has 1 saturated heterocycles. The molecule has 0 aliphatic carbocycles. The zero-order valence-corrected chi connectivity index (χ0v) is 14.3. The maximum absolute atomic E-state index is 10.9. The average Bonchev–Trinajstić information content (AvgIpc) is 2.43. The highest BCUT2D eigenvalue weighted by Gasteiger charge is 2.44. The standard InChI is InChI=1S/C15H28O4Si/c1-5-18-13(9-8-12(2)14(16)17)15(20(3)4)10-6-7-11-19-15/h8,13,20H,5-7,9-11H2,1-4H3,(H,16,17). The highest BCUT2D eigenvalue weighted by atomic mass is 28.3. The summed E-state index contributed by atoms with van der Waals surface area (Å²) in [6.07, 6.45) is 5.72. The molecule has 0 amide bonds. The minimum atomic E-state index is -1.09. The van der Waals surface area contributed by atoms with E-state index in [0.29, 0.717) is 18.6 Å². The van der Waals surface area contributed by atoms with E-state index in [9.17, 15) is 4.79 Å². The molecule has 5 heteroatoms. The van der Waals surface area contributed by atoms with Crippen LogP contribution in [-0.4, -0.2) is 44.4 Å². The van der Waals surface area contributed by atoms with E-state index in [1.165, 1.54) is 6.42 Å². The van der Waals surface area contributed by atoms with E-state index in [2.05, 4.69) is 13.1 Å². The lowest BCUT2D eigenvalue weighted by Crippen LogP contribution is -2.57. The van der Waals surface area contributed by atoms with Gasteiger partial charge in [-0.15, -0.1) is 0 Å². The molecule has 0 aromatic carbocycles. The first kappa shape index (κ1) is 17.4. The number of rotatable bonds is 7. The van der Waals surface area contributed by atoms with Crippen molar-refractivity contribution in [2.75, 3.05) is 13.2 Å². The van der Waals surface area contributed by atoms with Gasteiger partial charge in [0.1, 0.15) is 0 Å². The van der Waals surface area contributed by atoms with E-state index in [4.69, 9.17) is 14.6 Å². The van der Waals surface area contributed by atoms with Crippen molar-refractivity contribution in [1.82, 2.24) is 0 Å². The van der Waals surface area contributed by atoms with Gasteiger partial charge in [0.05, 0.1) is 20.1 Å². The van der Waals surface area contributed by atoms with E-state index in [0.717, 1.165) is 19.4 Å². The molecule has 1 fully saturated rings. The minimum Gasteiger partial charge on any atom is -0.478 e. The van der Waals surface area contributed by atoms with Gasteiger partial charge >= 0.3 is 5.97 Å². The fourth-order valence-corrected chi connectivity index (χ4v) is 5.11. The van der Waals surface area contributed by atoms with Crippen LogP contribution in [0.4, 0.5) is 0 Å². The van der Waals surface area contributed by atoms with Crippen LogP contribution in [0.2, 0.25) is 13.1 Å². The number of ether oxygens (including phenoxy) is 2. The largest absolute Gasteiger partial charge is 0.478 e. The Hall–Kier alpha value is -0.653. The fourth-order valence-electron chi connectivity index (χ4n) is 2.90. The quantitative estimate of drug-likeness (QED) is 0.580. The maximum atomic E-state index is 10.9. The summed E-state index contributed by atoms with van der Waals surface area (Å²) in [4.78, 5) is 10.9. The Balaban J connectivity index is 2.90. The lowest BCUT2D eigenvalue weighted by atomic mass is 9.99. The second kappa shape index (κ2) is 7.95. The summed E-state index contributed by atoms with van der Waals surface area (Å²) in [5.74, 6) is -0.861. The molecule has 2 atom stereocenters. The second-order valence-electron chi connectivity index (χ2n) is 5.79. The number of aliphatic carboxylic acids is 1. The van der Waals surface area contributed by atoms with Gasteiger partial charge in [0.25, 0.3) is 0 Å². The zero-order chi connectivity index (χ0) is 15.2. The van der Waals surface area contributed by atoms with Crippen LogP contribution in [0.25, 0.3) is 0 Å². The van der Waals surface area contributed by atoms with E-state index >= 15 is 0 Å². The molecular formula is C15H28O4Si. The van der Waals surface area contributed by atoms with Crippen LogP contribution in [0.1, 0.15) is 39.5 Å². The van der Waals surface area contributed by atoms with Crippen molar-refractivity contribution in [2.24, 2.45) is 0 Å². The van der Waals surface area contributed by atoms with Gasteiger partial charge in [0.15, 0.2) is 0 Å². The number of hydrogen-bond donors (Lipinski definition) is 1. The zero-order valence-electron chi connectivity index (χ0n) is 13.1. The first-order chi connectivity index (χ1) is 9.44. The monoisotopic (exact) mass is 300 g/mol. The van der Waals surface area contributed by atoms with Crippen LogP contribution >= 0.6 is 0 Å². The van der Waals surface area contributed by atoms with Crippen molar-refractivity contribution in [2.45, 2.75) is 64.0 Å². The number of carboxylic acid groups (broad SMARTS) is 1. The predicted molar refractivity (Wildman–Crippen MR) is 82.8 cm³/mol. The molecule has 0 aromatic heterocycles. The maximum Gasteiger partial charge on any atom is 0.330 e. The highest BCUT2D eigenvalue weighted by molar-refractivity contribution is 6.59. The molecule has 0 bridgehead atoms. The SMILES string of the molecule is CCOC(CC=C(C)C(=O)O)C1([SiH](C)C)CCCCO1. The van der Waals surface area contributed by atoms with Crippen molar-refractivity contribution < 1.29 is 19.4 Å². The van der Waals surface area contributed by atoms with Crippen molar-refractivity contribution >= 4 is 14.8 Å². The molecule has 1 rings (SSSR count). The Bertz CT molecular complexity index is 346. The molecule has 0 radical (unpaired) electrons. The third-order valence-electron chi connectivity index (χ3n) is 4.20. The Labute approximate surface area is 123 Å². The average molecular weight is 300 g/mol. The Morgan fingerprint density at radius 2 is 2.20 bits per heavy atom. The molecule has 0 aromatic rings. The van der Waals surface area contributed by atoms with Crippen LogP contribution in [0.5, 0.6) is 0 Å². The Morgan fingerprint density at radius 3 is 2.65 bits per heavy atom. The van der Waals surface area contributed by atoms with Gasteiger partial charge in [-0.05, 0) is 39.5 Å². The molecule has 4 nitrogen and oxygen atoms in total. The summed E-state index contributed by atoms with van der Waals surface area (Å²) < 4.78 is 12.1. The molecule has 20 heavy (non-hydrogen) atoms. The first-order valence-electron chi connectivity index (χ1n) is 7.59. The molecule has 0 spiro atoms. The third kappa shape index (κ3) is 4.17. The van der Waals surface area contributed by atoms with Gasteiger partial charge < -0.3 is 14.6 Å². The number of carbonyl (C=O) groups is 1. The van der Waals surface area contributed by atoms with Gasteiger partial charge in [-0.25, -0.2) is 4.79 Å². The molecule has 1 aliphatic rings. The lowest BCUT2D eigenvalue weighted by molar-refractivity contribution is -0.132. The van der Waals surface area contributed by atoms with Crippen LogP contribution in [-0.2, 0) is 14.3 Å². The fraction of sp³-hybridized carbons (Fsp3) is 0.800. The van der Waals surface area contributed by atoms with Crippen molar-refractivity contribution in [3.05, 3.63) is 11.6 Å². The summed E-state index contributed by atoms with van der Waals surface area (Å²) in [5, 5.41) is 8.83. The molecule has 1 aliphatic heterocycles. The molecule has 0 saturated carbocycles. The Kier molecular flexibility index (Phi) is 6.92. The summed E-state index contributed by atoms with van der Waals surface area (Å²) in [6, 6.07) is 0. The molecule has 116 valence electrons. The molecule has 2 unspecified atom stereocenters. The van der Waals surface area contributed by atoms with Gasteiger partial charge in [0.2, 0.25) is 0 Å². The first-order valence-corrected chi connectivity index (χ1v) is 10.5. The van der Waals surface area contributed by atoms with E-state index in [-0.39, 0.29) is 11.3 Å². The van der Waals surface area contributed by atoms with Crippen molar-refractivity contribution in [1.29, 1.82) is 0 Å². The van der Waals surface area contributed by atoms with E-state index in [1.807, 2.05) is 6.92 Å². The smallest absolute Gasteiger partial charge is 0.330 e. The Morgan fingerprint density at radius 1 is 1.50 bits per heavy atom. The van der Waals surface area contributed by atoms with E-state index in [1.54, 1.807) is 13.0 Å². The summed E-state index contributed by atoms with van der Waals surface area (Å²) >= 11 is 0. The second-order valence-corrected chi connectivity index (χ2v) is 9.07. The normalized spacial score (nSPS) is 25.8. The molecule has 1 N–H and O–H groups in total. The van der Waals surface area contributed by atoms with Gasteiger partial charge in [-0.3, -0.25) is 0 Å². The number of carboxylic acids is 1. The summed E-state index contributed by atoms with van der Waals surface area (Å²) in [7, 11) is -1.09. The predicted octanol–water partition coefficient (Wildman–Crippen LogP) is 2.78. The van der Waals surface area contributed by atoms with Crippen LogP contribution in [0, 0.1) is 0 Å². The van der Waals surface area contributed by atoms with Gasteiger partial charge in [0, 0.05) is 18.8 Å². The van der Waals surface area contributed by atoms with Crippen molar-refractivity contribution in [3.8, 4) is 0 Å². The van der Waals surface area contributed by atoms with Gasteiger partial charge in [-0.1, -0.05) is 19.2 Å². The third-order valence-corrected chi connectivity index (χ3v) is 6.98. The van der Waals surface area contributed by atoms with Crippen LogP contribution in [0.3, 0.4) is 0 Å². The molecule has 1 heterocycles. The minimum absolute atomic E-state index is 0.0197. The van der Waals surface area contributed by atoms with E-state index < -0.39 is 14.8 Å². The number of hydrogen-bond acceptors (Lipinski definition) is 3.